The van der Waals surface area contributed by atoms with Crippen molar-refractivity contribution >= 4 is 5.91 Å². The van der Waals surface area contributed by atoms with Gasteiger partial charge in [0.2, 0.25) is 0 Å². The molecule has 2 N–H and O–H groups in total. The van der Waals surface area contributed by atoms with Crippen molar-refractivity contribution in [2.24, 2.45) is 11.7 Å². The highest BCUT2D eigenvalue weighted by atomic mass is 16.2. The molecule has 16 heavy (non-hydrogen) atoms. The van der Waals surface area contributed by atoms with Gasteiger partial charge in [0.25, 0.3) is 5.91 Å². The van der Waals surface area contributed by atoms with Crippen LogP contribution in [0.2, 0.25) is 0 Å². The summed E-state index contributed by atoms with van der Waals surface area (Å²) < 4.78 is 0. The number of rotatable bonds is 5. The van der Waals surface area contributed by atoms with Gasteiger partial charge in [0.15, 0.2) is 0 Å². The molecule has 0 saturated heterocycles. The van der Waals surface area contributed by atoms with Gasteiger partial charge in [0.1, 0.15) is 0 Å². The van der Waals surface area contributed by atoms with Crippen LogP contribution in [0.5, 0.6) is 0 Å². The van der Waals surface area contributed by atoms with Crippen molar-refractivity contribution in [1.29, 1.82) is 0 Å². The van der Waals surface area contributed by atoms with Crippen LogP contribution in [0.15, 0.2) is 30.3 Å². The van der Waals surface area contributed by atoms with Crippen molar-refractivity contribution in [3.05, 3.63) is 35.9 Å². The molecular formula is C13H20N2O. The number of carbonyl (C=O) groups excluding carboxylic acids is 1. The Morgan fingerprint density at radius 2 is 2.00 bits per heavy atom. The van der Waals surface area contributed by atoms with Crippen molar-refractivity contribution < 1.29 is 4.79 Å². The third-order valence-electron chi connectivity index (χ3n) is 2.62. The number of carbonyl (C=O) groups is 1. The molecule has 0 aliphatic rings. The topological polar surface area (TPSA) is 46.3 Å². The van der Waals surface area contributed by atoms with E-state index in [1.54, 1.807) is 0 Å². The third-order valence-corrected chi connectivity index (χ3v) is 2.62. The van der Waals surface area contributed by atoms with Crippen LogP contribution in [-0.4, -0.2) is 30.4 Å². The lowest BCUT2D eigenvalue weighted by molar-refractivity contribution is 0.0744. The van der Waals surface area contributed by atoms with E-state index in [1.807, 2.05) is 42.2 Å². The molecular weight excluding hydrogens is 200 g/mol. The molecule has 3 nitrogen and oxygen atoms in total. The molecule has 0 aliphatic carbocycles. The van der Waals surface area contributed by atoms with E-state index >= 15 is 0 Å². The van der Waals surface area contributed by atoms with E-state index < -0.39 is 0 Å². The van der Waals surface area contributed by atoms with Gasteiger partial charge in [-0.2, -0.15) is 0 Å². The van der Waals surface area contributed by atoms with Gasteiger partial charge in [-0.1, -0.05) is 25.1 Å². The molecule has 1 unspecified atom stereocenters. The minimum Gasteiger partial charge on any atom is -0.339 e. The van der Waals surface area contributed by atoms with Crippen molar-refractivity contribution in [3.63, 3.8) is 0 Å². The highest BCUT2D eigenvalue weighted by Crippen LogP contribution is 2.06. The van der Waals surface area contributed by atoms with Crippen LogP contribution in [-0.2, 0) is 0 Å². The predicted octanol–water partition coefficient (Wildman–Crippen LogP) is 1.74. The van der Waals surface area contributed by atoms with Crippen molar-refractivity contribution in [2.45, 2.75) is 13.8 Å². The maximum absolute atomic E-state index is 12.1. The lowest BCUT2D eigenvalue weighted by Gasteiger charge is -2.24. The number of benzene rings is 1. The zero-order chi connectivity index (χ0) is 12.0. The van der Waals surface area contributed by atoms with E-state index in [0.29, 0.717) is 12.5 Å². The molecule has 1 aromatic carbocycles. The molecule has 1 aromatic rings. The van der Waals surface area contributed by atoms with Crippen LogP contribution >= 0.6 is 0 Å². The molecule has 1 atom stereocenters. The second-order valence-electron chi connectivity index (χ2n) is 4.05. The second kappa shape index (κ2) is 6.28. The molecule has 1 amide bonds. The highest BCUT2D eigenvalue weighted by Gasteiger charge is 2.15. The lowest BCUT2D eigenvalue weighted by atomic mass is 10.1. The summed E-state index contributed by atoms with van der Waals surface area (Å²) in [6.45, 7) is 6.10. The largest absolute Gasteiger partial charge is 0.339 e. The Morgan fingerprint density at radius 3 is 2.50 bits per heavy atom. The van der Waals surface area contributed by atoms with Crippen LogP contribution in [0.1, 0.15) is 24.2 Å². The van der Waals surface area contributed by atoms with Crippen molar-refractivity contribution in [1.82, 2.24) is 4.90 Å². The quantitative estimate of drug-likeness (QED) is 0.821. The lowest BCUT2D eigenvalue weighted by Crippen LogP contribution is -2.36. The van der Waals surface area contributed by atoms with E-state index in [1.165, 1.54) is 0 Å². The smallest absolute Gasteiger partial charge is 0.253 e. The summed E-state index contributed by atoms with van der Waals surface area (Å²) in [5, 5.41) is 0. The van der Waals surface area contributed by atoms with Crippen molar-refractivity contribution in [3.8, 4) is 0 Å². The Balaban J connectivity index is 2.70. The summed E-state index contributed by atoms with van der Waals surface area (Å²) in [6, 6.07) is 9.37. The third kappa shape index (κ3) is 3.35. The normalized spacial score (nSPS) is 12.2. The Morgan fingerprint density at radius 1 is 1.38 bits per heavy atom. The standard InChI is InChI=1S/C13H20N2O/c1-3-15(10-11(2)9-14)13(16)12-7-5-4-6-8-12/h4-8,11H,3,9-10,14H2,1-2H3. The van der Waals surface area contributed by atoms with Crippen LogP contribution in [0.25, 0.3) is 0 Å². The fraction of sp³-hybridized carbons (Fsp3) is 0.462. The van der Waals surface area contributed by atoms with Crippen LogP contribution < -0.4 is 5.73 Å². The molecule has 0 bridgehead atoms. The summed E-state index contributed by atoms with van der Waals surface area (Å²) in [4.78, 5) is 14.0. The molecule has 3 heteroatoms. The average molecular weight is 220 g/mol. The van der Waals surface area contributed by atoms with Gasteiger partial charge >= 0.3 is 0 Å². The number of amides is 1. The van der Waals surface area contributed by atoms with E-state index in [-0.39, 0.29) is 5.91 Å². The molecule has 88 valence electrons. The van der Waals surface area contributed by atoms with Crippen molar-refractivity contribution in [2.75, 3.05) is 19.6 Å². The van der Waals surface area contributed by atoms with Gasteiger partial charge in [-0.25, -0.2) is 0 Å². The van der Waals surface area contributed by atoms with Crippen LogP contribution in [0.3, 0.4) is 0 Å². The molecule has 0 aromatic heterocycles. The zero-order valence-corrected chi connectivity index (χ0v) is 10.0. The van der Waals surface area contributed by atoms with Gasteiger partial charge < -0.3 is 10.6 Å². The van der Waals surface area contributed by atoms with Gasteiger partial charge in [-0.3, -0.25) is 4.79 Å². The number of hydrogen-bond acceptors (Lipinski definition) is 2. The minimum atomic E-state index is 0.0865. The summed E-state index contributed by atoms with van der Waals surface area (Å²) in [5.74, 6) is 0.427. The molecule has 0 saturated carbocycles. The molecule has 0 radical (unpaired) electrons. The van der Waals surface area contributed by atoms with E-state index in [2.05, 4.69) is 6.92 Å². The summed E-state index contributed by atoms with van der Waals surface area (Å²) in [5.41, 5.74) is 6.32. The molecule has 1 rings (SSSR count). The maximum atomic E-state index is 12.1. The predicted molar refractivity (Wildman–Crippen MR) is 66.2 cm³/mol. The minimum absolute atomic E-state index is 0.0865. The maximum Gasteiger partial charge on any atom is 0.253 e. The van der Waals surface area contributed by atoms with Crippen LogP contribution in [0, 0.1) is 5.92 Å². The average Bonchev–Trinajstić information content (AvgIpc) is 2.35. The first-order valence-corrected chi connectivity index (χ1v) is 5.73. The fourth-order valence-electron chi connectivity index (χ4n) is 1.57. The SMILES string of the molecule is CCN(CC(C)CN)C(=O)c1ccccc1. The fourth-order valence-corrected chi connectivity index (χ4v) is 1.57. The van der Waals surface area contributed by atoms with Gasteiger partial charge in [0.05, 0.1) is 0 Å². The number of nitrogens with two attached hydrogens (primary N) is 1. The first kappa shape index (κ1) is 12.7. The number of nitrogens with zero attached hydrogens (tertiary/aromatic N) is 1. The van der Waals surface area contributed by atoms with E-state index in [9.17, 15) is 4.79 Å². The molecule has 0 heterocycles. The number of hydrogen-bond donors (Lipinski definition) is 1. The van der Waals surface area contributed by atoms with E-state index in [4.69, 9.17) is 5.73 Å². The van der Waals surface area contributed by atoms with Gasteiger partial charge in [-0.15, -0.1) is 0 Å². The first-order chi connectivity index (χ1) is 7.69. The van der Waals surface area contributed by atoms with Gasteiger partial charge in [0, 0.05) is 18.7 Å². The first-order valence-electron chi connectivity index (χ1n) is 5.73. The summed E-state index contributed by atoms with van der Waals surface area (Å²) >= 11 is 0. The monoisotopic (exact) mass is 220 g/mol. The van der Waals surface area contributed by atoms with Crippen LogP contribution in [0.4, 0.5) is 0 Å². The molecule has 0 spiro atoms. The van der Waals surface area contributed by atoms with Gasteiger partial charge in [-0.05, 0) is 31.5 Å². The van der Waals surface area contributed by atoms with E-state index in [0.717, 1.165) is 18.7 Å². The summed E-state index contributed by atoms with van der Waals surface area (Å²) in [6.07, 6.45) is 0. The highest BCUT2D eigenvalue weighted by molar-refractivity contribution is 5.94. The Hall–Kier alpha value is -1.35. The zero-order valence-electron chi connectivity index (χ0n) is 10.0. The molecule has 0 fully saturated rings. The molecule has 0 aliphatic heterocycles. The Bertz CT molecular complexity index is 324. The Kier molecular flexibility index (Phi) is 4.99. The second-order valence-corrected chi connectivity index (χ2v) is 4.05. The Labute approximate surface area is 97.2 Å². The summed E-state index contributed by atoms with van der Waals surface area (Å²) in [7, 11) is 0.